The molecule has 2 atom stereocenters. The van der Waals surface area contributed by atoms with Gasteiger partial charge in [-0.25, -0.2) is 9.59 Å². The van der Waals surface area contributed by atoms with E-state index in [1.165, 1.54) is 6.08 Å². The summed E-state index contributed by atoms with van der Waals surface area (Å²) in [5.74, 6) is -1.51. The Morgan fingerprint density at radius 1 is 1.32 bits per heavy atom. The van der Waals surface area contributed by atoms with Crippen LogP contribution in [-0.4, -0.2) is 35.1 Å². The van der Waals surface area contributed by atoms with Gasteiger partial charge >= 0.3 is 5.97 Å². The maximum Gasteiger partial charge on any atom is 0.326 e. The highest BCUT2D eigenvalue weighted by Gasteiger charge is 2.34. The molecule has 0 radical (unpaired) electrons. The molecule has 0 rings (SSSR count). The minimum absolute atomic E-state index is 0.158. The van der Waals surface area contributed by atoms with E-state index in [0.717, 1.165) is 0 Å². The summed E-state index contributed by atoms with van der Waals surface area (Å²) in [5, 5.41) is 11.6. The van der Waals surface area contributed by atoms with Gasteiger partial charge in [0.05, 0.1) is 0 Å². The van der Waals surface area contributed by atoms with Crippen molar-refractivity contribution in [2.24, 2.45) is 16.3 Å². The lowest BCUT2D eigenvalue weighted by atomic mass is 9.86. The highest BCUT2D eigenvalue weighted by atomic mass is 16.4. The lowest BCUT2D eigenvalue weighted by Gasteiger charge is -2.28. The number of nitrogens with one attached hydrogen (secondary N) is 1. The number of carbonyl (C=O) groups excluding carboxylic acids is 2. The van der Waals surface area contributed by atoms with E-state index in [4.69, 9.17) is 5.11 Å². The van der Waals surface area contributed by atoms with Crippen LogP contribution in [0.4, 0.5) is 0 Å². The molecule has 0 aliphatic rings. The molecule has 6 nitrogen and oxygen atoms in total. The lowest BCUT2D eigenvalue weighted by Crippen LogP contribution is -2.51. The molecule has 108 valence electrons. The van der Waals surface area contributed by atoms with E-state index in [2.05, 4.69) is 10.3 Å². The van der Waals surface area contributed by atoms with Crippen LogP contribution in [0, 0.1) is 11.3 Å². The number of amides is 1. The van der Waals surface area contributed by atoms with Crippen LogP contribution in [0.5, 0.6) is 0 Å². The minimum atomic E-state index is -1.11. The van der Waals surface area contributed by atoms with Crippen LogP contribution in [0.25, 0.3) is 0 Å². The van der Waals surface area contributed by atoms with Crippen molar-refractivity contribution in [2.75, 3.05) is 0 Å². The Bertz CT molecular complexity index is 379. The molecule has 0 aliphatic carbocycles. The molecule has 0 aromatic carbocycles. The zero-order valence-electron chi connectivity index (χ0n) is 12.1. The van der Waals surface area contributed by atoms with Crippen LogP contribution < -0.4 is 5.32 Å². The predicted molar refractivity (Wildman–Crippen MR) is 70.4 cm³/mol. The third kappa shape index (κ3) is 6.15. The molecule has 0 aromatic rings. The number of hydrogen-bond acceptors (Lipinski definition) is 4. The number of carbonyl (C=O) groups is 2. The number of isocyanates is 1. The minimum Gasteiger partial charge on any atom is -0.480 e. The van der Waals surface area contributed by atoms with Crippen molar-refractivity contribution in [1.29, 1.82) is 0 Å². The predicted octanol–water partition coefficient (Wildman–Crippen LogP) is 1.35. The molecule has 0 spiro atoms. The molecule has 0 saturated heterocycles. The Hall–Kier alpha value is -1.68. The van der Waals surface area contributed by atoms with Crippen molar-refractivity contribution in [2.45, 2.75) is 53.1 Å². The van der Waals surface area contributed by atoms with Crippen molar-refractivity contribution < 1.29 is 19.5 Å². The zero-order valence-corrected chi connectivity index (χ0v) is 12.1. The van der Waals surface area contributed by atoms with Gasteiger partial charge in [0.25, 0.3) is 0 Å². The molecule has 0 saturated carbocycles. The molecule has 0 fully saturated rings. The maximum absolute atomic E-state index is 12.0. The smallest absolute Gasteiger partial charge is 0.326 e. The average Bonchev–Trinajstić information content (AvgIpc) is 2.22. The van der Waals surface area contributed by atoms with Gasteiger partial charge in [-0.3, -0.25) is 4.79 Å². The van der Waals surface area contributed by atoms with Crippen LogP contribution >= 0.6 is 0 Å². The van der Waals surface area contributed by atoms with Gasteiger partial charge in [-0.2, -0.15) is 4.99 Å². The summed E-state index contributed by atoms with van der Waals surface area (Å²) < 4.78 is 0. The summed E-state index contributed by atoms with van der Waals surface area (Å²) in [6, 6.07) is -1.92. The Morgan fingerprint density at radius 3 is 2.16 bits per heavy atom. The summed E-state index contributed by atoms with van der Waals surface area (Å²) in [4.78, 5) is 36.9. The fourth-order valence-electron chi connectivity index (χ4n) is 1.62. The molecular formula is C13H22N2O4. The van der Waals surface area contributed by atoms with Crippen molar-refractivity contribution in [3.8, 4) is 0 Å². The lowest BCUT2D eigenvalue weighted by molar-refractivity contribution is -0.145. The number of nitrogens with zero attached hydrogens (tertiary/aromatic N) is 1. The van der Waals surface area contributed by atoms with Gasteiger partial charge in [-0.05, 0) is 17.8 Å². The molecule has 0 heterocycles. The first kappa shape index (κ1) is 17.3. The molecule has 0 aromatic heterocycles. The Morgan fingerprint density at radius 2 is 1.84 bits per heavy atom. The largest absolute Gasteiger partial charge is 0.480 e. The highest BCUT2D eigenvalue weighted by Crippen LogP contribution is 2.20. The number of carboxylic acid groups (broad SMARTS) is 1. The standard InChI is InChI=1S/C13H22N2O4/c1-8(2)6-9(14-7-16)11(17)15-10(12(18)19)13(3,4)5/h8-10H,6H2,1-5H3,(H,15,17)(H,18,19). The molecule has 6 heteroatoms. The van der Waals surface area contributed by atoms with Gasteiger partial charge in [0.2, 0.25) is 12.0 Å². The van der Waals surface area contributed by atoms with Crippen molar-refractivity contribution in [3.05, 3.63) is 0 Å². The number of aliphatic carboxylic acids is 1. The summed E-state index contributed by atoms with van der Waals surface area (Å²) in [6.45, 7) is 8.92. The molecule has 0 bridgehead atoms. The molecule has 2 unspecified atom stereocenters. The molecule has 1 amide bonds. The Labute approximate surface area is 113 Å². The van der Waals surface area contributed by atoms with E-state index in [-0.39, 0.29) is 5.92 Å². The fraction of sp³-hybridized carbons (Fsp3) is 0.769. The van der Waals surface area contributed by atoms with Crippen LogP contribution in [0.15, 0.2) is 4.99 Å². The average molecular weight is 270 g/mol. The Balaban J connectivity index is 4.96. The van der Waals surface area contributed by atoms with Crippen LogP contribution in [0.2, 0.25) is 0 Å². The van der Waals surface area contributed by atoms with Crippen LogP contribution in [-0.2, 0) is 14.4 Å². The number of aliphatic imine (C=N–C) groups is 1. The molecule has 2 N–H and O–H groups in total. The third-order valence-corrected chi connectivity index (χ3v) is 2.61. The molecule has 19 heavy (non-hydrogen) atoms. The first-order valence-corrected chi connectivity index (χ1v) is 6.19. The summed E-state index contributed by atoms with van der Waals surface area (Å²) >= 11 is 0. The van der Waals surface area contributed by atoms with Gasteiger partial charge in [0.15, 0.2) is 0 Å². The topological polar surface area (TPSA) is 95.8 Å². The van der Waals surface area contributed by atoms with Crippen molar-refractivity contribution in [1.82, 2.24) is 5.32 Å². The van der Waals surface area contributed by atoms with E-state index in [1.54, 1.807) is 20.8 Å². The maximum atomic E-state index is 12.0. The van der Waals surface area contributed by atoms with E-state index in [9.17, 15) is 14.4 Å². The molecule has 0 aliphatic heterocycles. The van der Waals surface area contributed by atoms with Crippen molar-refractivity contribution >= 4 is 18.0 Å². The quantitative estimate of drug-likeness (QED) is 0.562. The first-order valence-electron chi connectivity index (χ1n) is 6.19. The monoisotopic (exact) mass is 270 g/mol. The van der Waals surface area contributed by atoms with E-state index < -0.39 is 29.4 Å². The van der Waals surface area contributed by atoms with E-state index in [1.807, 2.05) is 13.8 Å². The van der Waals surface area contributed by atoms with Gasteiger partial charge in [0.1, 0.15) is 12.1 Å². The third-order valence-electron chi connectivity index (χ3n) is 2.61. The van der Waals surface area contributed by atoms with Gasteiger partial charge in [0, 0.05) is 0 Å². The second-order valence-electron chi connectivity index (χ2n) is 6.01. The normalized spacial score (nSPS) is 14.4. The number of carboxylic acids is 1. The Kier molecular flexibility index (Phi) is 6.42. The van der Waals surface area contributed by atoms with Crippen LogP contribution in [0.3, 0.4) is 0 Å². The number of hydrogen-bond donors (Lipinski definition) is 2. The summed E-state index contributed by atoms with van der Waals surface area (Å²) in [5.41, 5.74) is -0.630. The second kappa shape index (κ2) is 7.04. The number of rotatable bonds is 6. The van der Waals surface area contributed by atoms with Gasteiger partial charge in [-0.1, -0.05) is 34.6 Å². The first-order chi connectivity index (χ1) is 8.59. The molecular weight excluding hydrogens is 248 g/mol. The highest BCUT2D eigenvalue weighted by molar-refractivity contribution is 5.87. The fourth-order valence-corrected chi connectivity index (χ4v) is 1.62. The van der Waals surface area contributed by atoms with Gasteiger partial charge in [-0.15, -0.1) is 0 Å². The summed E-state index contributed by atoms with van der Waals surface area (Å²) in [7, 11) is 0. The summed E-state index contributed by atoms with van der Waals surface area (Å²) in [6.07, 6.45) is 1.73. The zero-order chi connectivity index (χ0) is 15.2. The van der Waals surface area contributed by atoms with Crippen LogP contribution in [0.1, 0.15) is 41.0 Å². The van der Waals surface area contributed by atoms with E-state index >= 15 is 0 Å². The van der Waals surface area contributed by atoms with Gasteiger partial charge < -0.3 is 10.4 Å². The van der Waals surface area contributed by atoms with Crippen molar-refractivity contribution in [3.63, 3.8) is 0 Å². The second-order valence-corrected chi connectivity index (χ2v) is 6.01. The SMILES string of the molecule is CC(C)CC(N=C=O)C(=O)NC(C(=O)O)C(C)(C)C. The van der Waals surface area contributed by atoms with E-state index in [0.29, 0.717) is 6.42 Å².